The van der Waals surface area contributed by atoms with Gasteiger partial charge in [-0.05, 0) is 30.5 Å². The van der Waals surface area contributed by atoms with Crippen LogP contribution in [0.2, 0.25) is 0 Å². The van der Waals surface area contributed by atoms with Crippen molar-refractivity contribution in [2.24, 2.45) is 5.92 Å². The summed E-state index contributed by atoms with van der Waals surface area (Å²) in [4.78, 5) is 15.7. The molecule has 6 heteroatoms. The number of carbonyl (C=O) groups excluding carboxylic acids is 1. The van der Waals surface area contributed by atoms with Gasteiger partial charge in [0.05, 0.1) is 11.4 Å². The molecule has 0 aliphatic rings. The number of rotatable bonds is 6. The maximum absolute atomic E-state index is 11.1. The van der Waals surface area contributed by atoms with Crippen molar-refractivity contribution in [3.63, 3.8) is 0 Å². The number of thiazole rings is 1. The second-order valence-electron chi connectivity index (χ2n) is 5.56. The third-order valence-electron chi connectivity index (χ3n) is 3.11. The summed E-state index contributed by atoms with van der Waals surface area (Å²) in [6.07, 6.45) is 1.10. The topological polar surface area (TPSA) is 74.2 Å². The summed E-state index contributed by atoms with van der Waals surface area (Å²) in [5.74, 6) is 0.482. The molecule has 3 N–H and O–H groups in total. The number of phenolic OH excluding ortho intramolecular Hbond substituents is 1. The van der Waals surface area contributed by atoms with E-state index in [1.165, 1.54) is 6.92 Å². The third-order valence-corrected chi connectivity index (χ3v) is 3.91. The number of amides is 1. The van der Waals surface area contributed by atoms with E-state index in [0.29, 0.717) is 11.6 Å². The van der Waals surface area contributed by atoms with Crippen LogP contribution >= 0.6 is 11.3 Å². The maximum Gasteiger partial charge on any atom is 0.221 e. The molecular formula is C16H21N3O2S. The first kappa shape index (κ1) is 16.3. The molecule has 0 spiro atoms. The fraction of sp³-hybridized carbons (Fsp3) is 0.375. The first-order valence-electron chi connectivity index (χ1n) is 7.26. The molecule has 0 bridgehead atoms. The molecule has 2 aromatic rings. The van der Waals surface area contributed by atoms with Gasteiger partial charge in [-0.25, -0.2) is 4.98 Å². The van der Waals surface area contributed by atoms with Gasteiger partial charge in [0.2, 0.25) is 5.91 Å². The number of hydrogen-bond donors (Lipinski definition) is 3. The van der Waals surface area contributed by atoms with Gasteiger partial charge in [-0.3, -0.25) is 4.79 Å². The van der Waals surface area contributed by atoms with Crippen LogP contribution in [0.25, 0.3) is 11.3 Å². The van der Waals surface area contributed by atoms with Gasteiger partial charge in [0.25, 0.3) is 0 Å². The number of benzene rings is 1. The van der Waals surface area contributed by atoms with Crippen LogP contribution in [-0.4, -0.2) is 22.5 Å². The van der Waals surface area contributed by atoms with Crippen molar-refractivity contribution in [3.05, 3.63) is 23.6 Å². The minimum absolute atomic E-state index is 0.0458. The zero-order valence-corrected chi connectivity index (χ0v) is 13.8. The molecule has 22 heavy (non-hydrogen) atoms. The van der Waals surface area contributed by atoms with Crippen molar-refractivity contribution in [1.82, 2.24) is 4.98 Å². The molecule has 0 fully saturated rings. The normalized spacial score (nSPS) is 10.7. The predicted octanol–water partition coefficient (Wildman–Crippen LogP) is 3.93. The second kappa shape index (κ2) is 7.26. The van der Waals surface area contributed by atoms with Gasteiger partial charge in [-0.2, -0.15) is 0 Å². The number of carbonyl (C=O) groups is 1. The van der Waals surface area contributed by atoms with Crippen LogP contribution < -0.4 is 10.6 Å². The molecule has 0 aliphatic carbocycles. The van der Waals surface area contributed by atoms with Gasteiger partial charge in [-0.1, -0.05) is 13.8 Å². The van der Waals surface area contributed by atoms with Crippen molar-refractivity contribution >= 4 is 28.1 Å². The SMILES string of the molecule is CC(=O)Nc1cc(-c2csc(NCCC(C)C)n2)ccc1O. The average Bonchev–Trinajstić information content (AvgIpc) is 2.89. The third kappa shape index (κ3) is 4.46. The van der Waals surface area contributed by atoms with E-state index < -0.39 is 0 Å². The molecule has 0 unspecified atom stereocenters. The number of aromatic nitrogens is 1. The number of nitrogens with zero attached hydrogens (tertiary/aromatic N) is 1. The highest BCUT2D eigenvalue weighted by Crippen LogP contribution is 2.31. The van der Waals surface area contributed by atoms with E-state index in [1.807, 2.05) is 5.38 Å². The Bertz CT molecular complexity index is 653. The van der Waals surface area contributed by atoms with Gasteiger partial charge in [-0.15, -0.1) is 11.3 Å². The Hall–Kier alpha value is -2.08. The molecule has 0 saturated carbocycles. The highest BCUT2D eigenvalue weighted by molar-refractivity contribution is 7.14. The second-order valence-corrected chi connectivity index (χ2v) is 6.42. The van der Waals surface area contributed by atoms with E-state index in [4.69, 9.17) is 0 Å². The van der Waals surface area contributed by atoms with Crippen molar-refractivity contribution < 1.29 is 9.90 Å². The van der Waals surface area contributed by atoms with Crippen LogP contribution in [0, 0.1) is 5.92 Å². The summed E-state index contributed by atoms with van der Waals surface area (Å²) >= 11 is 1.55. The quantitative estimate of drug-likeness (QED) is 0.705. The summed E-state index contributed by atoms with van der Waals surface area (Å²) in [5.41, 5.74) is 2.07. The van der Waals surface area contributed by atoms with E-state index in [1.54, 1.807) is 29.5 Å². The Kier molecular flexibility index (Phi) is 5.38. The average molecular weight is 319 g/mol. The highest BCUT2D eigenvalue weighted by Gasteiger charge is 2.09. The number of anilines is 2. The number of nitrogens with one attached hydrogen (secondary N) is 2. The fourth-order valence-electron chi connectivity index (χ4n) is 1.94. The van der Waals surface area contributed by atoms with Crippen LogP contribution in [-0.2, 0) is 4.79 Å². The van der Waals surface area contributed by atoms with Crippen LogP contribution in [0.4, 0.5) is 10.8 Å². The lowest BCUT2D eigenvalue weighted by atomic mass is 10.1. The van der Waals surface area contributed by atoms with Crippen molar-refractivity contribution in [3.8, 4) is 17.0 Å². The zero-order chi connectivity index (χ0) is 16.1. The molecule has 5 nitrogen and oxygen atoms in total. The van der Waals surface area contributed by atoms with Crippen molar-refractivity contribution in [1.29, 1.82) is 0 Å². The number of phenols is 1. The van der Waals surface area contributed by atoms with Gasteiger partial charge in [0, 0.05) is 24.4 Å². The molecular weight excluding hydrogens is 298 g/mol. The fourth-order valence-corrected chi connectivity index (χ4v) is 2.69. The lowest BCUT2D eigenvalue weighted by Crippen LogP contribution is -2.06. The zero-order valence-electron chi connectivity index (χ0n) is 13.0. The van der Waals surface area contributed by atoms with Gasteiger partial charge in [0.15, 0.2) is 5.13 Å². The molecule has 1 heterocycles. The first-order valence-corrected chi connectivity index (χ1v) is 8.14. The molecule has 0 atom stereocenters. The monoisotopic (exact) mass is 319 g/mol. The molecule has 1 amide bonds. The Morgan fingerprint density at radius 3 is 2.86 bits per heavy atom. The Morgan fingerprint density at radius 1 is 1.41 bits per heavy atom. The smallest absolute Gasteiger partial charge is 0.221 e. The molecule has 0 saturated heterocycles. The molecule has 1 aromatic carbocycles. The van der Waals surface area contributed by atoms with E-state index in [2.05, 4.69) is 29.5 Å². The lowest BCUT2D eigenvalue weighted by molar-refractivity contribution is -0.114. The molecule has 0 aliphatic heterocycles. The Balaban J connectivity index is 2.11. The Labute approximate surface area is 134 Å². The standard InChI is InChI=1S/C16H21N3O2S/c1-10(2)6-7-17-16-19-14(9-22-16)12-4-5-15(21)13(8-12)18-11(3)20/h4-5,8-10,21H,6-7H2,1-3H3,(H,17,19)(H,18,20). The summed E-state index contributed by atoms with van der Waals surface area (Å²) in [6, 6.07) is 5.07. The van der Waals surface area contributed by atoms with E-state index >= 15 is 0 Å². The predicted molar refractivity (Wildman–Crippen MR) is 91.5 cm³/mol. The summed E-state index contributed by atoms with van der Waals surface area (Å²) < 4.78 is 0. The van der Waals surface area contributed by atoms with Crippen LogP contribution in [0.1, 0.15) is 27.2 Å². The maximum atomic E-state index is 11.1. The van der Waals surface area contributed by atoms with E-state index in [9.17, 15) is 9.90 Å². The number of aromatic hydroxyl groups is 1. The Morgan fingerprint density at radius 2 is 2.18 bits per heavy atom. The summed E-state index contributed by atoms with van der Waals surface area (Å²) in [6.45, 7) is 6.69. The molecule has 1 aromatic heterocycles. The largest absolute Gasteiger partial charge is 0.506 e. The number of hydrogen-bond acceptors (Lipinski definition) is 5. The first-order chi connectivity index (χ1) is 10.5. The lowest BCUT2D eigenvalue weighted by Gasteiger charge is -2.07. The molecule has 0 radical (unpaired) electrons. The molecule has 118 valence electrons. The molecule has 2 rings (SSSR count). The van der Waals surface area contributed by atoms with E-state index in [0.717, 1.165) is 29.4 Å². The highest BCUT2D eigenvalue weighted by atomic mass is 32.1. The minimum Gasteiger partial charge on any atom is -0.506 e. The van der Waals surface area contributed by atoms with Crippen molar-refractivity contribution in [2.75, 3.05) is 17.2 Å². The van der Waals surface area contributed by atoms with Gasteiger partial charge >= 0.3 is 0 Å². The summed E-state index contributed by atoms with van der Waals surface area (Å²) in [5, 5.41) is 18.5. The summed E-state index contributed by atoms with van der Waals surface area (Å²) in [7, 11) is 0. The van der Waals surface area contributed by atoms with Crippen LogP contribution in [0.3, 0.4) is 0 Å². The van der Waals surface area contributed by atoms with E-state index in [-0.39, 0.29) is 11.7 Å². The van der Waals surface area contributed by atoms with Crippen molar-refractivity contribution in [2.45, 2.75) is 27.2 Å². The minimum atomic E-state index is -0.221. The van der Waals surface area contributed by atoms with Gasteiger partial charge < -0.3 is 15.7 Å². The van der Waals surface area contributed by atoms with Crippen LogP contribution in [0.15, 0.2) is 23.6 Å². The van der Waals surface area contributed by atoms with Crippen LogP contribution in [0.5, 0.6) is 5.75 Å². The van der Waals surface area contributed by atoms with Gasteiger partial charge in [0.1, 0.15) is 5.75 Å².